The molecule has 1 aromatic rings. The molecule has 15 heavy (non-hydrogen) atoms. The Kier molecular flexibility index (Phi) is 3.27. The molecule has 2 nitrogen and oxygen atoms in total. The van der Waals surface area contributed by atoms with E-state index in [0.717, 1.165) is 19.6 Å². The summed E-state index contributed by atoms with van der Waals surface area (Å²) in [6.45, 7) is 7.72. The van der Waals surface area contributed by atoms with Crippen molar-refractivity contribution < 1.29 is 0 Å². The van der Waals surface area contributed by atoms with E-state index in [4.69, 9.17) is 0 Å². The highest BCUT2D eigenvalue weighted by molar-refractivity contribution is 5.59. The van der Waals surface area contributed by atoms with Gasteiger partial charge >= 0.3 is 0 Å². The monoisotopic (exact) mass is 204 g/mol. The van der Waals surface area contributed by atoms with Gasteiger partial charge in [-0.3, -0.25) is 0 Å². The fourth-order valence-corrected chi connectivity index (χ4v) is 2.35. The van der Waals surface area contributed by atoms with Crippen LogP contribution in [-0.4, -0.2) is 25.7 Å². The van der Waals surface area contributed by atoms with Crippen molar-refractivity contribution in [2.75, 3.05) is 24.5 Å². The van der Waals surface area contributed by atoms with E-state index < -0.39 is 0 Å². The molecule has 0 saturated heterocycles. The average Bonchev–Trinajstić information content (AvgIpc) is 2.56. The molecule has 1 N–H and O–H groups in total. The van der Waals surface area contributed by atoms with Crippen LogP contribution < -0.4 is 10.2 Å². The summed E-state index contributed by atoms with van der Waals surface area (Å²) < 4.78 is 0. The van der Waals surface area contributed by atoms with Crippen LogP contribution in [0.4, 0.5) is 5.69 Å². The van der Waals surface area contributed by atoms with Crippen LogP contribution in [0.3, 0.4) is 0 Å². The first-order chi connectivity index (χ1) is 7.33. The molecule has 0 aliphatic carbocycles. The van der Waals surface area contributed by atoms with E-state index in [9.17, 15) is 0 Å². The normalized spacial score (nSPS) is 19.3. The second-order valence-corrected chi connectivity index (χ2v) is 4.23. The number of rotatable bonds is 4. The van der Waals surface area contributed by atoms with Gasteiger partial charge in [0.1, 0.15) is 0 Å². The number of nitrogens with zero attached hydrogens (tertiary/aromatic N) is 1. The summed E-state index contributed by atoms with van der Waals surface area (Å²) in [6.07, 6.45) is 1.20. The summed E-state index contributed by atoms with van der Waals surface area (Å²) >= 11 is 0. The Bertz CT molecular complexity index is 322. The highest BCUT2D eigenvalue weighted by atomic mass is 15.2. The molecule has 1 aliphatic rings. The van der Waals surface area contributed by atoms with Crippen LogP contribution in [0.15, 0.2) is 24.3 Å². The number of hydrogen-bond acceptors (Lipinski definition) is 2. The SMILES string of the molecule is CCNCCN1c2ccccc2CC1C. The number of anilines is 1. The fraction of sp³-hybridized carbons (Fsp3) is 0.538. The zero-order valence-electron chi connectivity index (χ0n) is 9.66. The molecular formula is C13H20N2. The number of benzene rings is 1. The van der Waals surface area contributed by atoms with Crippen molar-refractivity contribution in [1.82, 2.24) is 5.32 Å². The fourth-order valence-electron chi connectivity index (χ4n) is 2.35. The molecule has 1 aromatic carbocycles. The van der Waals surface area contributed by atoms with Crippen LogP contribution in [0.5, 0.6) is 0 Å². The van der Waals surface area contributed by atoms with Gasteiger partial charge in [-0.2, -0.15) is 0 Å². The Labute approximate surface area is 92.3 Å². The predicted molar refractivity (Wildman–Crippen MR) is 65.5 cm³/mol. The van der Waals surface area contributed by atoms with Crippen LogP contribution >= 0.6 is 0 Å². The van der Waals surface area contributed by atoms with Gasteiger partial charge in [-0.25, -0.2) is 0 Å². The zero-order valence-corrected chi connectivity index (χ0v) is 9.66. The van der Waals surface area contributed by atoms with Crippen molar-refractivity contribution in [3.63, 3.8) is 0 Å². The van der Waals surface area contributed by atoms with Gasteiger partial charge in [0.2, 0.25) is 0 Å². The van der Waals surface area contributed by atoms with E-state index in [1.807, 2.05) is 0 Å². The van der Waals surface area contributed by atoms with Crippen LogP contribution in [-0.2, 0) is 6.42 Å². The van der Waals surface area contributed by atoms with Gasteiger partial charge in [-0.1, -0.05) is 25.1 Å². The van der Waals surface area contributed by atoms with E-state index in [0.29, 0.717) is 6.04 Å². The molecule has 82 valence electrons. The quantitative estimate of drug-likeness (QED) is 0.755. The first kappa shape index (κ1) is 10.5. The van der Waals surface area contributed by atoms with Crippen molar-refractivity contribution in [3.8, 4) is 0 Å². The minimum absolute atomic E-state index is 0.654. The number of hydrogen-bond donors (Lipinski definition) is 1. The van der Waals surface area contributed by atoms with Gasteiger partial charge in [0.05, 0.1) is 0 Å². The second kappa shape index (κ2) is 4.67. The maximum absolute atomic E-state index is 3.38. The van der Waals surface area contributed by atoms with Crippen LogP contribution in [0.2, 0.25) is 0 Å². The molecule has 0 radical (unpaired) electrons. The highest BCUT2D eigenvalue weighted by Crippen LogP contribution is 2.30. The Balaban J connectivity index is 2.05. The molecule has 0 spiro atoms. The molecule has 0 bridgehead atoms. The summed E-state index contributed by atoms with van der Waals surface area (Å²) in [4.78, 5) is 2.51. The molecule has 0 amide bonds. The molecule has 1 unspecified atom stereocenters. The van der Waals surface area contributed by atoms with Gasteiger partial charge in [0, 0.05) is 24.8 Å². The third-order valence-corrected chi connectivity index (χ3v) is 3.13. The number of likely N-dealkylation sites (N-methyl/N-ethyl adjacent to an activating group) is 1. The van der Waals surface area contributed by atoms with Crippen LogP contribution in [0.25, 0.3) is 0 Å². The third-order valence-electron chi connectivity index (χ3n) is 3.13. The summed E-state index contributed by atoms with van der Waals surface area (Å²) in [6, 6.07) is 9.42. The van der Waals surface area contributed by atoms with E-state index in [-0.39, 0.29) is 0 Å². The molecule has 1 heterocycles. The maximum atomic E-state index is 3.38. The Hall–Kier alpha value is -1.02. The van der Waals surface area contributed by atoms with Gasteiger partial charge in [-0.05, 0) is 31.5 Å². The van der Waals surface area contributed by atoms with E-state index in [1.165, 1.54) is 17.7 Å². The Morgan fingerprint density at radius 3 is 3.00 bits per heavy atom. The lowest BCUT2D eigenvalue weighted by molar-refractivity contribution is 0.629. The first-order valence-corrected chi connectivity index (χ1v) is 5.88. The zero-order chi connectivity index (χ0) is 10.7. The standard InChI is InChI=1S/C13H20N2/c1-3-14-8-9-15-11(2)10-12-6-4-5-7-13(12)15/h4-7,11,14H,3,8-10H2,1-2H3. The first-order valence-electron chi connectivity index (χ1n) is 5.88. The molecule has 0 saturated carbocycles. The van der Waals surface area contributed by atoms with Gasteiger partial charge in [0.25, 0.3) is 0 Å². The maximum Gasteiger partial charge on any atom is 0.0402 e. The minimum atomic E-state index is 0.654. The van der Waals surface area contributed by atoms with E-state index >= 15 is 0 Å². The highest BCUT2D eigenvalue weighted by Gasteiger charge is 2.24. The van der Waals surface area contributed by atoms with Crippen molar-refractivity contribution in [2.24, 2.45) is 0 Å². The molecule has 1 aliphatic heterocycles. The lowest BCUT2D eigenvalue weighted by Crippen LogP contribution is -2.35. The smallest absolute Gasteiger partial charge is 0.0402 e. The topological polar surface area (TPSA) is 15.3 Å². The Morgan fingerprint density at radius 2 is 2.20 bits per heavy atom. The predicted octanol–water partition coefficient (Wildman–Crippen LogP) is 2.05. The summed E-state index contributed by atoms with van der Waals surface area (Å²) in [5, 5.41) is 3.38. The lowest BCUT2D eigenvalue weighted by atomic mass is 10.1. The number of para-hydroxylation sites is 1. The molecule has 0 fully saturated rings. The molecule has 0 aromatic heterocycles. The summed E-state index contributed by atoms with van der Waals surface area (Å²) in [5.41, 5.74) is 2.93. The van der Waals surface area contributed by atoms with Crippen molar-refractivity contribution in [3.05, 3.63) is 29.8 Å². The number of nitrogens with one attached hydrogen (secondary N) is 1. The summed E-state index contributed by atoms with van der Waals surface area (Å²) in [5.74, 6) is 0. The number of fused-ring (bicyclic) bond motifs is 1. The van der Waals surface area contributed by atoms with Crippen LogP contribution in [0.1, 0.15) is 19.4 Å². The molecule has 2 heteroatoms. The van der Waals surface area contributed by atoms with E-state index in [1.54, 1.807) is 0 Å². The third kappa shape index (κ3) is 2.15. The van der Waals surface area contributed by atoms with Crippen LogP contribution in [0, 0.1) is 0 Å². The van der Waals surface area contributed by atoms with E-state index in [2.05, 4.69) is 48.3 Å². The molecule has 1 atom stereocenters. The van der Waals surface area contributed by atoms with Gasteiger partial charge in [0.15, 0.2) is 0 Å². The average molecular weight is 204 g/mol. The van der Waals surface area contributed by atoms with Gasteiger partial charge in [-0.15, -0.1) is 0 Å². The lowest BCUT2D eigenvalue weighted by Gasteiger charge is -2.24. The second-order valence-electron chi connectivity index (χ2n) is 4.23. The summed E-state index contributed by atoms with van der Waals surface area (Å²) in [7, 11) is 0. The van der Waals surface area contributed by atoms with Crippen molar-refractivity contribution >= 4 is 5.69 Å². The Morgan fingerprint density at radius 1 is 1.40 bits per heavy atom. The minimum Gasteiger partial charge on any atom is -0.367 e. The van der Waals surface area contributed by atoms with Crippen molar-refractivity contribution in [1.29, 1.82) is 0 Å². The molecule has 2 rings (SSSR count). The van der Waals surface area contributed by atoms with Gasteiger partial charge < -0.3 is 10.2 Å². The van der Waals surface area contributed by atoms with Crippen molar-refractivity contribution in [2.45, 2.75) is 26.3 Å². The largest absolute Gasteiger partial charge is 0.367 e. The molecular weight excluding hydrogens is 184 g/mol.